The molecule has 0 bridgehead atoms. The zero-order valence-electron chi connectivity index (χ0n) is 5.43. The van der Waals surface area contributed by atoms with Gasteiger partial charge in [-0.1, -0.05) is 11.8 Å². The normalized spacial score (nSPS) is 8.50. The molecule has 0 aliphatic carbocycles. The standard InChI is InChI=1S/C8H7ClS/c9-5-2-1-3-8-4-6-10-7-8/h4,6-7H,2,5H2. The van der Waals surface area contributed by atoms with Crippen molar-refractivity contribution < 1.29 is 0 Å². The molecule has 0 nitrogen and oxygen atoms in total. The molecule has 0 fully saturated rings. The Morgan fingerprint density at radius 3 is 3.10 bits per heavy atom. The van der Waals surface area contributed by atoms with Crippen LogP contribution in [0.4, 0.5) is 0 Å². The average Bonchev–Trinajstić information content (AvgIpc) is 2.41. The van der Waals surface area contributed by atoms with Crippen molar-refractivity contribution in [3.8, 4) is 11.8 Å². The maximum atomic E-state index is 5.44. The first-order chi connectivity index (χ1) is 4.93. The van der Waals surface area contributed by atoms with E-state index in [2.05, 4.69) is 11.8 Å². The summed E-state index contributed by atoms with van der Waals surface area (Å²) in [7, 11) is 0. The molecule has 0 aromatic carbocycles. The van der Waals surface area contributed by atoms with Gasteiger partial charge in [-0.05, 0) is 11.4 Å². The number of halogens is 1. The molecule has 0 saturated carbocycles. The monoisotopic (exact) mass is 170 g/mol. The molecule has 0 aliphatic heterocycles. The van der Waals surface area contributed by atoms with E-state index in [0.717, 1.165) is 12.0 Å². The zero-order chi connectivity index (χ0) is 7.23. The molecule has 0 atom stereocenters. The largest absolute Gasteiger partial charge is 0.151 e. The van der Waals surface area contributed by atoms with Gasteiger partial charge in [0, 0.05) is 23.2 Å². The molecule has 0 spiro atoms. The third-order valence-corrected chi connectivity index (χ3v) is 1.85. The van der Waals surface area contributed by atoms with Crippen molar-refractivity contribution in [3.05, 3.63) is 22.4 Å². The van der Waals surface area contributed by atoms with E-state index < -0.39 is 0 Å². The quantitative estimate of drug-likeness (QED) is 0.449. The summed E-state index contributed by atoms with van der Waals surface area (Å²) in [5, 5.41) is 4.05. The lowest BCUT2D eigenvalue weighted by Gasteiger charge is -1.76. The Morgan fingerprint density at radius 2 is 2.50 bits per heavy atom. The van der Waals surface area contributed by atoms with Crippen molar-refractivity contribution in [3.63, 3.8) is 0 Å². The van der Waals surface area contributed by atoms with Crippen LogP contribution in [-0.4, -0.2) is 5.88 Å². The molecule has 1 aromatic heterocycles. The van der Waals surface area contributed by atoms with Gasteiger partial charge in [-0.25, -0.2) is 0 Å². The highest BCUT2D eigenvalue weighted by molar-refractivity contribution is 7.08. The number of hydrogen-bond donors (Lipinski definition) is 0. The fourth-order valence-electron chi connectivity index (χ4n) is 0.547. The van der Waals surface area contributed by atoms with Crippen LogP contribution in [0.1, 0.15) is 12.0 Å². The fraction of sp³-hybridized carbons (Fsp3) is 0.250. The Kier molecular flexibility index (Phi) is 3.35. The van der Waals surface area contributed by atoms with Crippen molar-refractivity contribution >= 4 is 22.9 Å². The van der Waals surface area contributed by atoms with E-state index in [4.69, 9.17) is 11.6 Å². The fourth-order valence-corrected chi connectivity index (χ4v) is 1.23. The van der Waals surface area contributed by atoms with E-state index in [-0.39, 0.29) is 0 Å². The van der Waals surface area contributed by atoms with Gasteiger partial charge in [-0.15, -0.1) is 11.6 Å². The van der Waals surface area contributed by atoms with Crippen molar-refractivity contribution in [2.75, 3.05) is 5.88 Å². The number of thiophene rings is 1. The van der Waals surface area contributed by atoms with Crippen LogP contribution in [0.3, 0.4) is 0 Å². The minimum absolute atomic E-state index is 0.622. The topological polar surface area (TPSA) is 0 Å². The molecule has 0 amide bonds. The summed E-state index contributed by atoms with van der Waals surface area (Å²) < 4.78 is 0. The van der Waals surface area contributed by atoms with E-state index in [1.807, 2.05) is 16.8 Å². The van der Waals surface area contributed by atoms with Crippen molar-refractivity contribution in [2.24, 2.45) is 0 Å². The third kappa shape index (κ3) is 2.43. The van der Waals surface area contributed by atoms with Gasteiger partial charge in [0.25, 0.3) is 0 Å². The molecule has 0 saturated heterocycles. The van der Waals surface area contributed by atoms with Gasteiger partial charge in [0.2, 0.25) is 0 Å². The molecule has 0 N–H and O–H groups in total. The van der Waals surface area contributed by atoms with E-state index in [1.54, 1.807) is 11.3 Å². The van der Waals surface area contributed by atoms with Crippen molar-refractivity contribution in [1.82, 2.24) is 0 Å². The molecular formula is C8H7ClS. The van der Waals surface area contributed by atoms with Gasteiger partial charge in [-0.3, -0.25) is 0 Å². The summed E-state index contributed by atoms with van der Waals surface area (Å²) in [6, 6.07) is 2.01. The number of alkyl halides is 1. The lowest BCUT2D eigenvalue weighted by atomic mass is 10.3. The van der Waals surface area contributed by atoms with Crippen molar-refractivity contribution in [1.29, 1.82) is 0 Å². The minimum Gasteiger partial charge on any atom is -0.151 e. The molecule has 52 valence electrons. The highest BCUT2D eigenvalue weighted by Gasteiger charge is 1.82. The van der Waals surface area contributed by atoms with Crippen molar-refractivity contribution in [2.45, 2.75) is 6.42 Å². The van der Waals surface area contributed by atoms with E-state index >= 15 is 0 Å². The molecule has 0 aliphatic rings. The molecule has 0 radical (unpaired) electrons. The second-order valence-corrected chi connectivity index (χ2v) is 2.91. The Bertz CT molecular complexity index is 228. The second kappa shape index (κ2) is 4.38. The minimum atomic E-state index is 0.622. The van der Waals surface area contributed by atoms with Crippen LogP contribution < -0.4 is 0 Å². The predicted octanol–water partition coefficient (Wildman–Crippen LogP) is 2.73. The van der Waals surface area contributed by atoms with Gasteiger partial charge in [0.1, 0.15) is 0 Å². The summed E-state index contributed by atoms with van der Waals surface area (Å²) >= 11 is 7.10. The van der Waals surface area contributed by atoms with Crippen LogP contribution in [0, 0.1) is 11.8 Å². The number of hydrogen-bond acceptors (Lipinski definition) is 1. The van der Waals surface area contributed by atoms with Gasteiger partial charge < -0.3 is 0 Å². The molecule has 0 unspecified atom stereocenters. The van der Waals surface area contributed by atoms with Crippen LogP contribution in [-0.2, 0) is 0 Å². The van der Waals surface area contributed by atoms with Gasteiger partial charge in [0.05, 0.1) is 0 Å². The predicted molar refractivity (Wildman–Crippen MR) is 46.5 cm³/mol. The van der Waals surface area contributed by atoms with Crippen LogP contribution in [0.2, 0.25) is 0 Å². The zero-order valence-corrected chi connectivity index (χ0v) is 7.00. The van der Waals surface area contributed by atoms with Gasteiger partial charge in [0.15, 0.2) is 0 Å². The second-order valence-electron chi connectivity index (χ2n) is 1.75. The van der Waals surface area contributed by atoms with E-state index in [0.29, 0.717) is 5.88 Å². The summed E-state index contributed by atoms with van der Waals surface area (Å²) in [6.07, 6.45) is 0.775. The first-order valence-electron chi connectivity index (χ1n) is 3.00. The molecule has 1 aromatic rings. The number of rotatable bonds is 1. The molecule has 1 rings (SSSR count). The van der Waals surface area contributed by atoms with E-state index in [9.17, 15) is 0 Å². The lowest BCUT2D eigenvalue weighted by Crippen LogP contribution is -1.67. The highest BCUT2D eigenvalue weighted by Crippen LogP contribution is 2.03. The Labute approximate surface area is 69.8 Å². The third-order valence-electron chi connectivity index (χ3n) is 0.973. The average molecular weight is 171 g/mol. The highest BCUT2D eigenvalue weighted by atomic mass is 35.5. The van der Waals surface area contributed by atoms with E-state index in [1.165, 1.54) is 0 Å². The van der Waals surface area contributed by atoms with Crippen LogP contribution in [0.15, 0.2) is 16.8 Å². The van der Waals surface area contributed by atoms with Gasteiger partial charge in [-0.2, -0.15) is 11.3 Å². The summed E-state index contributed by atoms with van der Waals surface area (Å²) in [5.74, 6) is 6.59. The van der Waals surface area contributed by atoms with Crippen LogP contribution in [0.5, 0.6) is 0 Å². The smallest absolute Gasteiger partial charge is 0.0352 e. The summed E-state index contributed by atoms with van der Waals surface area (Å²) in [6.45, 7) is 0. The maximum absolute atomic E-state index is 5.44. The summed E-state index contributed by atoms with van der Waals surface area (Å²) in [5.41, 5.74) is 1.09. The Hall–Kier alpha value is -0.450. The molecular weight excluding hydrogens is 164 g/mol. The first kappa shape index (κ1) is 7.65. The Balaban J connectivity index is 2.49. The van der Waals surface area contributed by atoms with Crippen LogP contribution in [0.25, 0.3) is 0 Å². The SMILES string of the molecule is ClCCC#Cc1ccsc1. The molecule has 10 heavy (non-hydrogen) atoms. The maximum Gasteiger partial charge on any atom is 0.0352 e. The van der Waals surface area contributed by atoms with Gasteiger partial charge >= 0.3 is 0 Å². The van der Waals surface area contributed by atoms with Crippen LogP contribution >= 0.6 is 22.9 Å². The molecule has 1 heterocycles. The molecule has 2 heteroatoms. The summed E-state index contributed by atoms with van der Waals surface area (Å²) in [4.78, 5) is 0. The lowest BCUT2D eigenvalue weighted by molar-refractivity contribution is 1.29. The first-order valence-corrected chi connectivity index (χ1v) is 4.48. The Morgan fingerprint density at radius 1 is 1.60 bits per heavy atom.